The quantitative estimate of drug-likeness (QED) is 0.340. The number of nitrogens with zero attached hydrogens (tertiary/aromatic N) is 2. The smallest absolute Gasteiger partial charge is 0.262 e. The second-order valence-corrected chi connectivity index (χ2v) is 17.4. The summed E-state index contributed by atoms with van der Waals surface area (Å²) in [4.78, 5) is 16.6. The number of carbonyl (C=O) groups is 1. The number of nitrogens with one attached hydrogen (secondary N) is 2. The summed E-state index contributed by atoms with van der Waals surface area (Å²) in [5.41, 5.74) is -2.19. The molecule has 0 aromatic heterocycles. The number of benzene rings is 3. The Hall–Kier alpha value is -2.42. The number of halogens is 3. The van der Waals surface area contributed by atoms with Gasteiger partial charge in [-0.1, -0.05) is 59.1 Å². The van der Waals surface area contributed by atoms with Crippen molar-refractivity contribution in [1.82, 2.24) is 19.8 Å². The fourth-order valence-electron chi connectivity index (χ4n) is 6.52. The zero-order chi connectivity index (χ0) is 34.6. The Bertz CT molecular complexity index is 1840. The van der Waals surface area contributed by atoms with Crippen LogP contribution in [-0.2, 0) is 41.4 Å². The Morgan fingerprint density at radius 1 is 0.809 bits per heavy atom. The maximum absolute atomic E-state index is 15.2. The summed E-state index contributed by atoms with van der Waals surface area (Å²) in [7, 11) is -7.34. The minimum atomic E-state index is -3.86. The van der Waals surface area contributed by atoms with Gasteiger partial charge in [-0.25, -0.2) is 16.8 Å². The summed E-state index contributed by atoms with van der Waals surface area (Å²) in [6, 6.07) is 17.3. The number of hydrogen-bond donors (Lipinski definition) is 2. The van der Waals surface area contributed by atoms with Gasteiger partial charge in [0.15, 0.2) is 15.5 Å². The maximum Gasteiger partial charge on any atom is 0.262 e. The highest BCUT2D eigenvalue weighted by Gasteiger charge is 2.65. The summed E-state index contributed by atoms with van der Waals surface area (Å²) in [5.74, 6) is -0.252. The second-order valence-electron chi connectivity index (χ2n) is 12.2. The van der Waals surface area contributed by atoms with Crippen molar-refractivity contribution in [2.45, 2.75) is 42.4 Å². The molecule has 3 aromatic rings. The molecule has 2 fully saturated rings. The summed E-state index contributed by atoms with van der Waals surface area (Å²) in [6.07, 6.45) is 2.18. The van der Waals surface area contributed by atoms with Gasteiger partial charge in [0.25, 0.3) is 5.91 Å². The SMILES string of the molecule is CCOc1cc(Cl)c(S(C)(=O)=O)cc1C1(C(=O)N2CCN(S(C)(=O)=O)CC2)N[C@@](C)(c2ccc(Cl)cc2)[C@@](C)(c2ccc(Cl)cc2)N1. The van der Waals surface area contributed by atoms with Crippen LogP contribution in [-0.4, -0.2) is 77.2 Å². The number of sulfonamides is 1. The first kappa shape index (κ1) is 35.9. The predicted molar refractivity (Wildman–Crippen MR) is 184 cm³/mol. The highest BCUT2D eigenvalue weighted by atomic mass is 35.5. The van der Waals surface area contributed by atoms with E-state index < -0.39 is 42.5 Å². The van der Waals surface area contributed by atoms with E-state index in [0.29, 0.717) is 10.0 Å². The van der Waals surface area contributed by atoms with E-state index in [1.807, 2.05) is 38.1 Å². The molecule has 3 atom stereocenters. The molecule has 0 saturated carbocycles. The highest BCUT2D eigenvalue weighted by molar-refractivity contribution is 7.90. The molecule has 1 unspecified atom stereocenters. The summed E-state index contributed by atoms with van der Waals surface area (Å²) < 4.78 is 58.0. The van der Waals surface area contributed by atoms with Crippen LogP contribution in [0, 0.1) is 0 Å². The molecule has 2 aliphatic rings. The monoisotopic (exact) mass is 742 g/mol. The third kappa shape index (κ3) is 6.51. The molecule has 10 nitrogen and oxygen atoms in total. The van der Waals surface area contributed by atoms with Crippen molar-refractivity contribution in [3.05, 3.63) is 92.4 Å². The Morgan fingerprint density at radius 2 is 1.28 bits per heavy atom. The van der Waals surface area contributed by atoms with Crippen LogP contribution in [0.25, 0.3) is 0 Å². The van der Waals surface area contributed by atoms with Gasteiger partial charge < -0.3 is 9.64 Å². The maximum atomic E-state index is 15.2. The Balaban J connectivity index is 1.81. The molecule has 1 amide bonds. The molecular formula is C32H37Cl3N4O6S2. The van der Waals surface area contributed by atoms with Gasteiger partial charge >= 0.3 is 0 Å². The topological polar surface area (TPSA) is 125 Å². The molecule has 2 heterocycles. The van der Waals surface area contributed by atoms with Gasteiger partial charge in [0.1, 0.15) is 5.75 Å². The Morgan fingerprint density at radius 3 is 1.68 bits per heavy atom. The molecule has 47 heavy (non-hydrogen) atoms. The van der Waals surface area contributed by atoms with Crippen LogP contribution in [0.1, 0.15) is 37.5 Å². The van der Waals surface area contributed by atoms with Gasteiger partial charge in [-0.05, 0) is 62.2 Å². The third-order valence-electron chi connectivity index (χ3n) is 9.17. The van der Waals surface area contributed by atoms with Crippen molar-refractivity contribution in [3.8, 4) is 5.75 Å². The van der Waals surface area contributed by atoms with Crippen molar-refractivity contribution < 1.29 is 26.4 Å². The molecular weight excluding hydrogens is 707 g/mol. The molecule has 2 saturated heterocycles. The lowest BCUT2D eigenvalue weighted by Gasteiger charge is -2.41. The number of piperazine rings is 1. The van der Waals surface area contributed by atoms with Gasteiger partial charge in [0.05, 0.1) is 33.9 Å². The van der Waals surface area contributed by atoms with Gasteiger partial charge in [0.2, 0.25) is 10.0 Å². The standard InChI is InChI=1S/C32H37Cl3N4O6S2/c1-6-45-27-20-26(35)28(46(4,41)42)19-25(27)32(29(40)38-15-17-39(18-16-38)47(5,43)44)36-30(2,21-7-11-23(33)12-8-21)31(3,37-32)22-9-13-24(34)14-10-22/h7-14,19-20,36-37H,6,15-18H2,1-5H3/t30-,31+,32?. The fraction of sp³-hybridized carbons (Fsp3) is 0.406. The number of sulfone groups is 1. The molecule has 0 aliphatic carbocycles. The van der Waals surface area contributed by atoms with E-state index >= 15 is 4.79 Å². The summed E-state index contributed by atoms with van der Waals surface area (Å²) in [6.45, 7) is 6.25. The van der Waals surface area contributed by atoms with E-state index in [0.717, 1.165) is 23.6 Å². The molecule has 15 heteroatoms. The Kier molecular flexibility index (Phi) is 9.77. The van der Waals surface area contributed by atoms with E-state index in [9.17, 15) is 16.8 Å². The minimum absolute atomic E-state index is 0.0528. The molecule has 0 spiro atoms. The van der Waals surface area contributed by atoms with Crippen molar-refractivity contribution in [2.75, 3.05) is 45.3 Å². The van der Waals surface area contributed by atoms with Crippen LogP contribution in [0.5, 0.6) is 5.75 Å². The van der Waals surface area contributed by atoms with Gasteiger partial charge in [-0.2, -0.15) is 4.31 Å². The van der Waals surface area contributed by atoms with Crippen LogP contribution in [0.4, 0.5) is 0 Å². The van der Waals surface area contributed by atoms with Crippen LogP contribution < -0.4 is 15.4 Å². The third-order valence-corrected chi connectivity index (χ3v) is 12.5. The molecule has 2 N–H and O–H groups in total. The van der Waals surface area contributed by atoms with Crippen LogP contribution in [0.15, 0.2) is 65.6 Å². The van der Waals surface area contributed by atoms with E-state index in [-0.39, 0.29) is 54.0 Å². The van der Waals surface area contributed by atoms with Crippen molar-refractivity contribution in [3.63, 3.8) is 0 Å². The van der Waals surface area contributed by atoms with Crippen molar-refractivity contribution in [1.29, 1.82) is 0 Å². The first-order valence-electron chi connectivity index (χ1n) is 14.9. The largest absolute Gasteiger partial charge is 0.493 e. The number of carbonyl (C=O) groups excluding carboxylic acids is 1. The number of amides is 1. The first-order valence-corrected chi connectivity index (χ1v) is 19.8. The average molecular weight is 744 g/mol. The zero-order valence-corrected chi connectivity index (χ0v) is 30.5. The minimum Gasteiger partial charge on any atom is -0.493 e. The number of hydrogen-bond acceptors (Lipinski definition) is 8. The van der Waals surface area contributed by atoms with E-state index in [2.05, 4.69) is 10.6 Å². The van der Waals surface area contributed by atoms with Crippen molar-refractivity contribution >= 4 is 60.6 Å². The predicted octanol–water partition coefficient (Wildman–Crippen LogP) is 4.73. The molecule has 3 aromatic carbocycles. The van der Waals surface area contributed by atoms with E-state index in [1.165, 1.54) is 16.4 Å². The number of rotatable bonds is 8. The molecule has 5 rings (SSSR count). The highest BCUT2D eigenvalue weighted by Crippen LogP contribution is 2.52. The van der Waals surface area contributed by atoms with Crippen LogP contribution >= 0.6 is 34.8 Å². The van der Waals surface area contributed by atoms with Gasteiger partial charge in [0, 0.05) is 54.1 Å². The van der Waals surface area contributed by atoms with E-state index in [4.69, 9.17) is 39.5 Å². The lowest BCUT2D eigenvalue weighted by atomic mass is 9.72. The normalized spacial score (nSPS) is 25.6. The van der Waals surface area contributed by atoms with Crippen LogP contribution in [0.2, 0.25) is 15.1 Å². The van der Waals surface area contributed by atoms with Gasteiger partial charge in [-0.15, -0.1) is 0 Å². The van der Waals surface area contributed by atoms with Gasteiger partial charge in [-0.3, -0.25) is 15.4 Å². The number of ether oxygens (including phenoxy) is 1. The second kappa shape index (κ2) is 12.8. The first-order chi connectivity index (χ1) is 21.9. The summed E-state index contributed by atoms with van der Waals surface area (Å²) in [5, 5.41) is 8.28. The molecule has 2 aliphatic heterocycles. The van der Waals surface area contributed by atoms with Crippen molar-refractivity contribution in [2.24, 2.45) is 0 Å². The molecule has 0 bridgehead atoms. The van der Waals surface area contributed by atoms with Crippen LogP contribution in [0.3, 0.4) is 0 Å². The lowest BCUT2D eigenvalue weighted by molar-refractivity contribution is -0.141. The lowest BCUT2D eigenvalue weighted by Crippen LogP contribution is -2.63. The fourth-order valence-corrected chi connectivity index (χ4v) is 8.92. The zero-order valence-electron chi connectivity index (χ0n) is 26.6. The van der Waals surface area contributed by atoms with E-state index in [1.54, 1.807) is 36.1 Å². The molecule has 254 valence electrons. The molecule has 0 radical (unpaired) electrons. The average Bonchev–Trinajstić information content (AvgIpc) is 3.25. The summed E-state index contributed by atoms with van der Waals surface area (Å²) >= 11 is 19.1. The Labute approximate surface area is 291 Å².